The van der Waals surface area contributed by atoms with Crippen LogP contribution in [0.15, 0.2) is 81.7 Å². The van der Waals surface area contributed by atoms with Crippen molar-refractivity contribution < 1.29 is 9.50 Å². The number of anilines is 1. The molecule has 0 spiro atoms. The largest absolute Gasteiger partial charge is 0.388 e. The second-order valence-electron chi connectivity index (χ2n) is 6.06. The maximum Gasteiger partial charge on any atom is 0.123 e. The minimum Gasteiger partial charge on any atom is -0.388 e. The number of hydrogen-bond acceptors (Lipinski definition) is 2. The van der Waals surface area contributed by atoms with E-state index in [4.69, 9.17) is 0 Å². The first kappa shape index (κ1) is 19.1. The standard InChI is InChI=1S/C21H18Br2FNO/c22-16-5-1-14(2-6-16)20(25-19-11-7-17(23)8-12-19)13-21(26)15-3-9-18(24)10-4-15/h1-12,20-21,25-26H,13H2. The van der Waals surface area contributed by atoms with E-state index in [1.165, 1.54) is 12.1 Å². The van der Waals surface area contributed by atoms with Gasteiger partial charge in [0, 0.05) is 21.1 Å². The summed E-state index contributed by atoms with van der Waals surface area (Å²) in [6.45, 7) is 0. The maximum atomic E-state index is 13.1. The number of rotatable bonds is 6. The predicted octanol–water partition coefficient (Wildman–Crippen LogP) is 6.63. The van der Waals surface area contributed by atoms with Crippen LogP contribution in [0, 0.1) is 5.82 Å². The van der Waals surface area contributed by atoms with Gasteiger partial charge < -0.3 is 10.4 Å². The Kier molecular flexibility index (Phi) is 6.46. The van der Waals surface area contributed by atoms with E-state index in [-0.39, 0.29) is 11.9 Å². The van der Waals surface area contributed by atoms with Gasteiger partial charge in [-0.1, -0.05) is 56.1 Å². The first-order valence-corrected chi connectivity index (χ1v) is 9.81. The Balaban J connectivity index is 1.83. The molecule has 0 saturated heterocycles. The Labute approximate surface area is 169 Å². The number of nitrogens with one attached hydrogen (secondary N) is 1. The van der Waals surface area contributed by atoms with Crippen molar-refractivity contribution in [2.75, 3.05) is 5.32 Å². The molecule has 2 unspecified atom stereocenters. The molecule has 0 aliphatic carbocycles. The maximum absolute atomic E-state index is 13.1. The minimum atomic E-state index is -0.702. The van der Waals surface area contributed by atoms with Crippen molar-refractivity contribution in [2.45, 2.75) is 18.6 Å². The SMILES string of the molecule is OC(CC(Nc1ccc(Br)cc1)c1ccc(Br)cc1)c1ccc(F)cc1. The molecular weight excluding hydrogens is 461 g/mol. The molecule has 0 amide bonds. The Hall–Kier alpha value is -1.69. The average Bonchev–Trinajstić information content (AvgIpc) is 2.64. The molecule has 0 bridgehead atoms. The summed E-state index contributed by atoms with van der Waals surface area (Å²) in [6.07, 6.45) is -0.240. The molecular formula is C21H18Br2FNO. The van der Waals surface area contributed by atoms with E-state index in [2.05, 4.69) is 37.2 Å². The molecule has 2 atom stereocenters. The fourth-order valence-corrected chi connectivity index (χ4v) is 3.29. The Bertz CT molecular complexity index is 835. The van der Waals surface area contributed by atoms with Gasteiger partial charge in [-0.3, -0.25) is 0 Å². The highest BCUT2D eigenvalue weighted by Crippen LogP contribution is 2.31. The topological polar surface area (TPSA) is 32.3 Å². The summed E-state index contributed by atoms with van der Waals surface area (Å²) in [5.74, 6) is -0.307. The summed E-state index contributed by atoms with van der Waals surface area (Å²) in [4.78, 5) is 0. The zero-order valence-corrected chi connectivity index (χ0v) is 17.0. The Morgan fingerprint density at radius 1 is 0.769 bits per heavy atom. The monoisotopic (exact) mass is 477 g/mol. The molecule has 0 saturated carbocycles. The molecule has 0 aromatic heterocycles. The normalized spacial score (nSPS) is 13.2. The van der Waals surface area contributed by atoms with Crippen molar-refractivity contribution in [3.05, 3.63) is 98.7 Å². The van der Waals surface area contributed by atoms with Gasteiger partial charge in [-0.05, 0) is 59.7 Å². The van der Waals surface area contributed by atoms with E-state index in [0.29, 0.717) is 12.0 Å². The van der Waals surface area contributed by atoms with Crippen LogP contribution in [0.5, 0.6) is 0 Å². The smallest absolute Gasteiger partial charge is 0.123 e. The molecule has 5 heteroatoms. The summed E-state index contributed by atoms with van der Waals surface area (Å²) in [5, 5.41) is 14.1. The van der Waals surface area contributed by atoms with Crippen molar-refractivity contribution in [3.63, 3.8) is 0 Å². The van der Waals surface area contributed by atoms with Gasteiger partial charge in [0.15, 0.2) is 0 Å². The van der Waals surface area contributed by atoms with Crippen molar-refractivity contribution >= 4 is 37.5 Å². The van der Waals surface area contributed by atoms with E-state index < -0.39 is 6.10 Å². The molecule has 3 rings (SSSR count). The number of halogens is 3. The van der Waals surface area contributed by atoms with Crippen LogP contribution in [0.25, 0.3) is 0 Å². The molecule has 0 heterocycles. The van der Waals surface area contributed by atoms with E-state index in [9.17, 15) is 9.50 Å². The molecule has 134 valence electrons. The third-order valence-electron chi connectivity index (χ3n) is 4.17. The summed E-state index contributed by atoms with van der Waals surface area (Å²) < 4.78 is 15.1. The lowest BCUT2D eigenvalue weighted by Gasteiger charge is -2.24. The van der Waals surface area contributed by atoms with Gasteiger partial charge in [0.2, 0.25) is 0 Å². The number of aliphatic hydroxyl groups excluding tert-OH is 1. The molecule has 2 nitrogen and oxygen atoms in total. The second-order valence-corrected chi connectivity index (χ2v) is 7.89. The summed E-state index contributed by atoms with van der Waals surface area (Å²) in [7, 11) is 0. The molecule has 0 radical (unpaired) electrons. The number of hydrogen-bond donors (Lipinski definition) is 2. The Morgan fingerprint density at radius 2 is 1.27 bits per heavy atom. The lowest BCUT2D eigenvalue weighted by Crippen LogP contribution is -2.15. The average molecular weight is 479 g/mol. The minimum absolute atomic E-state index is 0.0932. The summed E-state index contributed by atoms with van der Waals surface area (Å²) >= 11 is 6.89. The van der Waals surface area contributed by atoms with Crippen LogP contribution in [0.2, 0.25) is 0 Å². The first-order valence-electron chi connectivity index (χ1n) is 8.22. The van der Waals surface area contributed by atoms with Gasteiger partial charge in [-0.2, -0.15) is 0 Å². The van der Waals surface area contributed by atoms with Crippen molar-refractivity contribution in [1.82, 2.24) is 0 Å². The van der Waals surface area contributed by atoms with Gasteiger partial charge in [0.05, 0.1) is 12.1 Å². The van der Waals surface area contributed by atoms with Crippen LogP contribution < -0.4 is 5.32 Å². The van der Waals surface area contributed by atoms with Crippen LogP contribution in [0.4, 0.5) is 10.1 Å². The first-order chi connectivity index (χ1) is 12.5. The van der Waals surface area contributed by atoms with Gasteiger partial charge in [0.25, 0.3) is 0 Å². The van der Waals surface area contributed by atoms with Crippen LogP contribution >= 0.6 is 31.9 Å². The van der Waals surface area contributed by atoms with Gasteiger partial charge in [-0.15, -0.1) is 0 Å². The highest BCUT2D eigenvalue weighted by molar-refractivity contribution is 9.10. The number of aliphatic hydroxyl groups is 1. The fourth-order valence-electron chi connectivity index (χ4n) is 2.77. The van der Waals surface area contributed by atoms with E-state index in [1.54, 1.807) is 12.1 Å². The van der Waals surface area contributed by atoms with Gasteiger partial charge in [0.1, 0.15) is 5.82 Å². The molecule has 0 fully saturated rings. The quantitative estimate of drug-likeness (QED) is 0.416. The van der Waals surface area contributed by atoms with Crippen LogP contribution in [-0.2, 0) is 0 Å². The molecule has 2 N–H and O–H groups in total. The van der Waals surface area contributed by atoms with E-state index in [1.807, 2.05) is 48.5 Å². The van der Waals surface area contributed by atoms with Crippen molar-refractivity contribution in [2.24, 2.45) is 0 Å². The van der Waals surface area contributed by atoms with E-state index in [0.717, 1.165) is 20.2 Å². The van der Waals surface area contributed by atoms with Crippen LogP contribution in [-0.4, -0.2) is 5.11 Å². The third-order valence-corrected chi connectivity index (χ3v) is 5.23. The highest BCUT2D eigenvalue weighted by atomic mass is 79.9. The Morgan fingerprint density at radius 3 is 1.85 bits per heavy atom. The number of benzene rings is 3. The lowest BCUT2D eigenvalue weighted by molar-refractivity contribution is 0.160. The predicted molar refractivity (Wildman–Crippen MR) is 111 cm³/mol. The third kappa shape index (κ3) is 5.16. The molecule has 0 aliphatic rings. The lowest BCUT2D eigenvalue weighted by atomic mass is 9.96. The molecule has 3 aromatic rings. The van der Waals surface area contributed by atoms with Crippen LogP contribution in [0.3, 0.4) is 0 Å². The second kappa shape index (κ2) is 8.80. The summed E-state index contributed by atoms with van der Waals surface area (Å²) in [6, 6.07) is 21.8. The molecule has 26 heavy (non-hydrogen) atoms. The highest BCUT2D eigenvalue weighted by Gasteiger charge is 2.18. The zero-order valence-electron chi connectivity index (χ0n) is 13.9. The summed E-state index contributed by atoms with van der Waals surface area (Å²) in [5.41, 5.74) is 2.73. The van der Waals surface area contributed by atoms with Crippen LogP contribution in [0.1, 0.15) is 29.7 Å². The van der Waals surface area contributed by atoms with Gasteiger partial charge in [-0.25, -0.2) is 4.39 Å². The van der Waals surface area contributed by atoms with E-state index >= 15 is 0 Å². The molecule has 0 aliphatic heterocycles. The van der Waals surface area contributed by atoms with Gasteiger partial charge >= 0.3 is 0 Å². The zero-order chi connectivity index (χ0) is 18.5. The van der Waals surface area contributed by atoms with Crippen molar-refractivity contribution in [3.8, 4) is 0 Å². The molecule has 3 aromatic carbocycles. The van der Waals surface area contributed by atoms with Crippen molar-refractivity contribution in [1.29, 1.82) is 0 Å². The fraction of sp³-hybridized carbons (Fsp3) is 0.143.